The molecule has 0 amide bonds. The maximum absolute atomic E-state index is 10.9. The average molecular weight is 270 g/mol. The normalized spacial score (nSPS) is 9.75. The molecule has 2 rings (SSSR count). The lowest BCUT2D eigenvalue weighted by Gasteiger charge is -2.07. The Labute approximate surface area is 114 Å². The monoisotopic (exact) mass is 270 g/mol. The third-order valence-electron chi connectivity index (χ3n) is 2.55. The fraction of sp³-hybridized carbons (Fsp3) is 0.0833. The first kappa shape index (κ1) is 13.2. The predicted molar refractivity (Wildman–Crippen MR) is 71.6 cm³/mol. The molecule has 0 atom stereocenters. The van der Waals surface area contributed by atoms with Gasteiger partial charge in [0.15, 0.2) is 0 Å². The molecule has 0 aliphatic carbocycles. The third kappa shape index (κ3) is 2.78. The average Bonchev–Trinajstić information content (AvgIpc) is 2.45. The van der Waals surface area contributed by atoms with E-state index in [0.29, 0.717) is 5.56 Å². The SMILES string of the molecule is N#Cc1cccc(CNc2ncnc(N)c2[N+](=O)[O-])c1. The summed E-state index contributed by atoms with van der Waals surface area (Å²) in [5.74, 6) is -0.150. The molecule has 8 nitrogen and oxygen atoms in total. The van der Waals surface area contributed by atoms with Crippen molar-refractivity contribution < 1.29 is 4.92 Å². The van der Waals surface area contributed by atoms with E-state index in [1.807, 2.05) is 6.07 Å². The Hall–Kier alpha value is -3.21. The van der Waals surface area contributed by atoms with Gasteiger partial charge in [-0.25, -0.2) is 9.97 Å². The number of benzene rings is 1. The van der Waals surface area contributed by atoms with E-state index in [2.05, 4.69) is 15.3 Å². The molecule has 0 spiro atoms. The molecule has 0 fully saturated rings. The van der Waals surface area contributed by atoms with Gasteiger partial charge in [0, 0.05) is 6.54 Å². The Bertz CT molecular complexity index is 695. The summed E-state index contributed by atoms with van der Waals surface area (Å²) in [4.78, 5) is 17.7. The van der Waals surface area contributed by atoms with Crippen LogP contribution in [0.3, 0.4) is 0 Å². The number of anilines is 2. The Balaban J connectivity index is 2.21. The van der Waals surface area contributed by atoms with Crippen LogP contribution in [0.25, 0.3) is 0 Å². The van der Waals surface area contributed by atoms with Crippen molar-refractivity contribution >= 4 is 17.3 Å². The number of aromatic nitrogens is 2. The molecule has 8 heteroatoms. The van der Waals surface area contributed by atoms with E-state index in [1.165, 1.54) is 0 Å². The maximum atomic E-state index is 10.9. The van der Waals surface area contributed by atoms with E-state index in [4.69, 9.17) is 11.0 Å². The molecule has 0 radical (unpaired) electrons. The first-order chi connectivity index (χ1) is 9.61. The van der Waals surface area contributed by atoms with Crippen molar-refractivity contribution in [3.8, 4) is 6.07 Å². The van der Waals surface area contributed by atoms with Crippen molar-refractivity contribution in [2.24, 2.45) is 0 Å². The molecular weight excluding hydrogens is 260 g/mol. The fourth-order valence-electron chi connectivity index (χ4n) is 1.64. The van der Waals surface area contributed by atoms with Crippen LogP contribution in [0.2, 0.25) is 0 Å². The lowest BCUT2D eigenvalue weighted by Crippen LogP contribution is -2.08. The summed E-state index contributed by atoms with van der Waals surface area (Å²) in [5.41, 5.74) is 6.42. The highest BCUT2D eigenvalue weighted by molar-refractivity contribution is 5.67. The van der Waals surface area contributed by atoms with Gasteiger partial charge >= 0.3 is 5.69 Å². The molecule has 0 aliphatic heterocycles. The molecule has 0 unspecified atom stereocenters. The van der Waals surface area contributed by atoms with Crippen molar-refractivity contribution in [3.63, 3.8) is 0 Å². The molecule has 0 bridgehead atoms. The summed E-state index contributed by atoms with van der Waals surface area (Å²) in [5, 5.41) is 22.5. The van der Waals surface area contributed by atoms with E-state index in [-0.39, 0.29) is 23.9 Å². The molecule has 2 aromatic rings. The molecule has 0 saturated carbocycles. The van der Waals surface area contributed by atoms with Gasteiger partial charge in [-0.1, -0.05) is 12.1 Å². The Morgan fingerprint density at radius 3 is 2.95 bits per heavy atom. The summed E-state index contributed by atoms with van der Waals surface area (Å²) in [6, 6.07) is 8.91. The minimum atomic E-state index is -0.636. The zero-order chi connectivity index (χ0) is 14.5. The van der Waals surface area contributed by atoms with Gasteiger partial charge in [0.1, 0.15) is 6.33 Å². The summed E-state index contributed by atoms with van der Waals surface area (Å²) >= 11 is 0. The number of nitrogens with two attached hydrogens (primary N) is 1. The smallest absolute Gasteiger partial charge is 0.352 e. The largest absolute Gasteiger partial charge is 0.378 e. The molecule has 1 aromatic carbocycles. The third-order valence-corrected chi connectivity index (χ3v) is 2.55. The second kappa shape index (κ2) is 5.62. The van der Waals surface area contributed by atoms with Crippen LogP contribution in [0.5, 0.6) is 0 Å². The minimum Gasteiger partial charge on any atom is -0.378 e. The molecule has 100 valence electrons. The van der Waals surface area contributed by atoms with Crippen LogP contribution in [-0.4, -0.2) is 14.9 Å². The van der Waals surface area contributed by atoms with Crippen molar-refractivity contribution in [1.29, 1.82) is 5.26 Å². The predicted octanol–water partition coefficient (Wildman–Crippen LogP) is 1.45. The van der Waals surface area contributed by atoms with E-state index >= 15 is 0 Å². The number of nitrogen functional groups attached to an aromatic ring is 1. The number of hydrogen-bond acceptors (Lipinski definition) is 7. The lowest BCUT2D eigenvalue weighted by atomic mass is 10.1. The summed E-state index contributed by atoms with van der Waals surface area (Å²) in [6.45, 7) is 0.285. The quantitative estimate of drug-likeness (QED) is 0.634. The van der Waals surface area contributed by atoms with Crippen molar-refractivity contribution in [2.75, 3.05) is 11.1 Å². The Morgan fingerprint density at radius 1 is 1.45 bits per heavy atom. The number of nitrogens with zero attached hydrogens (tertiary/aromatic N) is 4. The van der Waals surface area contributed by atoms with Crippen molar-refractivity contribution in [2.45, 2.75) is 6.54 Å². The van der Waals surface area contributed by atoms with Gasteiger partial charge in [-0.15, -0.1) is 0 Å². The maximum Gasteiger partial charge on any atom is 0.352 e. The highest BCUT2D eigenvalue weighted by Gasteiger charge is 2.20. The van der Waals surface area contributed by atoms with Gasteiger partial charge in [0.05, 0.1) is 16.6 Å². The molecular formula is C12H10N6O2. The second-order valence-corrected chi connectivity index (χ2v) is 3.88. The molecule has 1 aromatic heterocycles. The minimum absolute atomic E-state index is 0.0462. The van der Waals surface area contributed by atoms with E-state index in [9.17, 15) is 10.1 Å². The molecule has 3 N–H and O–H groups in total. The fourth-order valence-corrected chi connectivity index (χ4v) is 1.64. The number of nitro groups is 1. The Morgan fingerprint density at radius 2 is 2.25 bits per heavy atom. The van der Waals surface area contributed by atoms with Gasteiger partial charge in [0.25, 0.3) is 0 Å². The van der Waals surface area contributed by atoms with Gasteiger partial charge in [0.2, 0.25) is 11.6 Å². The summed E-state index contributed by atoms with van der Waals surface area (Å²) < 4.78 is 0. The summed E-state index contributed by atoms with van der Waals surface area (Å²) in [6.07, 6.45) is 1.15. The number of hydrogen-bond donors (Lipinski definition) is 2. The highest BCUT2D eigenvalue weighted by atomic mass is 16.6. The van der Waals surface area contributed by atoms with E-state index < -0.39 is 4.92 Å². The van der Waals surface area contributed by atoms with E-state index in [0.717, 1.165) is 11.9 Å². The standard InChI is InChI=1S/C12H10N6O2/c13-5-8-2-1-3-9(4-8)6-15-12-10(18(19)20)11(14)16-7-17-12/h1-4,7H,6H2,(H3,14,15,16,17). The first-order valence-electron chi connectivity index (χ1n) is 5.59. The zero-order valence-electron chi connectivity index (χ0n) is 10.3. The van der Waals surface area contributed by atoms with E-state index in [1.54, 1.807) is 24.3 Å². The van der Waals surface area contributed by atoms with Crippen LogP contribution in [0.15, 0.2) is 30.6 Å². The van der Waals surface area contributed by atoms with Crippen LogP contribution < -0.4 is 11.1 Å². The molecule has 0 aliphatic rings. The van der Waals surface area contributed by atoms with Gasteiger partial charge in [-0.3, -0.25) is 10.1 Å². The van der Waals surface area contributed by atoms with Crippen LogP contribution in [0.4, 0.5) is 17.3 Å². The van der Waals surface area contributed by atoms with Crippen molar-refractivity contribution in [1.82, 2.24) is 9.97 Å². The van der Waals surface area contributed by atoms with Crippen LogP contribution in [0, 0.1) is 21.4 Å². The van der Waals surface area contributed by atoms with Crippen LogP contribution in [0.1, 0.15) is 11.1 Å². The topological polar surface area (TPSA) is 131 Å². The van der Waals surface area contributed by atoms with Crippen LogP contribution >= 0.6 is 0 Å². The Kier molecular flexibility index (Phi) is 3.72. The number of rotatable bonds is 4. The second-order valence-electron chi connectivity index (χ2n) is 3.88. The molecule has 20 heavy (non-hydrogen) atoms. The lowest BCUT2D eigenvalue weighted by molar-refractivity contribution is -0.383. The zero-order valence-corrected chi connectivity index (χ0v) is 10.3. The molecule has 0 saturated heterocycles. The van der Waals surface area contributed by atoms with Gasteiger partial charge < -0.3 is 11.1 Å². The highest BCUT2D eigenvalue weighted by Crippen LogP contribution is 2.26. The van der Waals surface area contributed by atoms with Crippen LogP contribution in [-0.2, 0) is 6.54 Å². The summed E-state index contributed by atoms with van der Waals surface area (Å²) in [7, 11) is 0. The molecule has 1 heterocycles. The van der Waals surface area contributed by atoms with Gasteiger partial charge in [-0.2, -0.15) is 5.26 Å². The number of nitrogens with one attached hydrogen (secondary N) is 1. The first-order valence-corrected chi connectivity index (χ1v) is 5.59. The number of nitriles is 1. The van der Waals surface area contributed by atoms with Crippen molar-refractivity contribution in [3.05, 3.63) is 51.8 Å². The van der Waals surface area contributed by atoms with Gasteiger partial charge in [-0.05, 0) is 17.7 Å².